The lowest BCUT2D eigenvalue weighted by atomic mass is 10.2. The van der Waals surface area contributed by atoms with Gasteiger partial charge < -0.3 is 4.74 Å². The summed E-state index contributed by atoms with van der Waals surface area (Å²) in [5.41, 5.74) is -0.0527. The lowest BCUT2D eigenvalue weighted by Gasteiger charge is -2.22. The highest BCUT2D eigenvalue weighted by Crippen LogP contribution is 2.24. The summed E-state index contributed by atoms with van der Waals surface area (Å²) < 4.78 is 67.3. The van der Waals surface area contributed by atoms with Gasteiger partial charge in [-0.05, 0) is 31.0 Å². The SMILES string of the molecule is O=S(=O)(Cl)c1ccc(NS(=O)(=O)C2CCOCC2)cc1F. The fourth-order valence-corrected chi connectivity index (χ4v) is 4.33. The summed E-state index contributed by atoms with van der Waals surface area (Å²) in [4.78, 5) is -0.696. The maximum Gasteiger partial charge on any atom is 0.264 e. The molecule has 1 aromatic rings. The molecule has 6 nitrogen and oxygen atoms in total. The van der Waals surface area contributed by atoms with Crippen LogP contribution < -0.4 is 4.72 Å². The predicted octanol–water partition coefficient (Wildman–Crippen LogP) is 1.67. The summed E-state index contributed by atoms with van der Waals surface area (Å²) in [5, 5.41) is -0.620. The molecule has 2 rings (SSSR count). The smallest absolute Gasteiger partial charge is 0.264 e. The summed E-state index contributed by atoms with van der Waals surface area (Å²) in [6, 6.07) is 2.85. The van der Waals surface area contributed by atoms with E-state index in [4.69, 9.17) is 15.4 Å². The van der Waals surface area contributed by atoms with E-state index < -0.39 is 35.0 Å². The molecule has 0 spiro atoms. The van der Waals surface area contributed by atoms with Crippen LogP contribution in [0.3, 0.4) is 0 Å². The fraction of sp³-hybridized carbons (Fsp3) is 0.455. The maximum atomic E-state index is 13.6. The molecule has 1 aliphatic heterocycles. The molecule has 1 fully saturated rings. The van der Waals surface area contributed by atoms with E-state index in [1.165, 1.54) is 0 Å². The minimum Gasteiger partial charge on any atom is -0.381 e. The Balaban J connectivity index is 2.22. The molecule has 1 N–H and O–H groups in total. The normalized spacial score (nSPS) is 17.6. The van der Waals surface area contributed by atoms with Crippen molar-refractivity contribution in [3.63, 3.8) is 0 Å². The van der Waals surface area contributed by atoms with Crippen molar-refractivity contribution in [2.75, 3.05) is 17.9 Å². The molecule has 0 amide bonds. The van der Waals surface area contributed by atoms with Gasteiger partial charge in [-0.2, -0.15) is 0 Å². The second-order valence-corrected chi connectivity index (χ2v) is 9.04. The van der Waals surface area contributed by atoms with Crippen LogP contribution in [0.15, 0.2) is 23.1 Å². The standard InChI is InChI=1S/C11H13ClFNO5S2/c12-20(15,16)11-2-1-8(7-10(11)13)14-21(17,18)9-3-5-19-6-4-9/h1-2,7,9,14H,3-6H2. The third-order valence-corrected chi connectivity index (χ3v) is 6.29. The van der Waals surface area contributed by atoms with Gasteiger partial charge in [-0.3, -0.25) is 4.72 Å². The lowest BCUT2D eigenvalue weighted by molar-refractivity contribution is 0.0984. The van der Waals surface area contributed by atoms with Crippen LogP contribution in [0.2, 0.25) is 0 Å². The van der Waals surface area contributed by atoms with Crippen molar-refractivity contribution in [1.82, 2.24) is 0 Å². The summed E-state index contributed by atoms with van der Waals surface area (Å²) in [7, 11) is -2.84. The summed E-state index contributed by atoms with van der Waals surface area (Å²) in [6.45, 7) is 0.701. The monoisotopic (exact) mass is 357 g/mol. The lowest BCUT2D eigenvalue weighted by Crippen LogP contribution is -2.33. The first-order chi connectivity index (χ1) is 9.70. The number of sulfonamides is 1. The summed E-state index contributed by atoms with van der Waals surface area (Å²) in [5.74, 6) is -1.11. The van der Waals surface area contributed by atoms with E-state index in [0.29, 0.717) is 26.1 Å². The quantitative estimate of drug-likeness (QED) is 0.828. The first kappa shape index (κ1) is 16.5. The van der Waals surface area contributed by atoms with Gasteiger partial charge in [0.25, 0.3) is 9.05 Å². The van der Waals surface area contributed by atoms with Crippen LogP contribution in [0.5, 0.6) is 0 Å². The predicted molar refractivity (Wildman–Crippen MR) is 75.8 cm³/mol. The Morgan fingerprint density at radius 2 is 1.81 bits per heavy atom. The molecular weight excluding hydrogens is 345 g/mol. The molecule has 1 heterocycles. The molecule has 0 radical (unpaired) electrons. The van der Waals surface area contributed by atoms with Crippen LogP contribution in [0, 0.1) is 5.82 Å². The summed E-state index contributed by atoms with van der Waals surface area (Å²) in [6.07, 6.45) is 0.706. The number of benzene rings is 1. The van der Waals surface area contributed by atoms with E-state index in [9.17, 15) is 21.2 Å². The van der Waals surface area contributed by atoms with Crippen LogP contribution >= 0.6 is 10.7 Å². The molecule has 10 heteroatoms. The number of hydrogen-bond donors (Lipinski definition) is 1. The van der Waals surface area contributed by atoms with Crippen molar-refractivity contribution >= 4 is 35.4 Å². The Labute approximate surface area is 126 Å². The van der Waals surface area contributed by atoms with Crippen LogP contribution in [0.1, 0.15) is 12.8 Å². The first-order valence-electron chi connectivity index (χ1n) is 6.04. The molecule has 118 valence electrons. The van der Waals surface area contributed by atoms with Crippen LogP contribution in [-0.4, -0.2) is 35.3 Å². The number of anilines is 1. The van der Waals surface area contributed by atoms with Crippen molar-refractivity contribution in [2.45, 2.75) is 23.0 Å². The van der Waals surface area contributed by atoms with Gasteiger partial charge in [0.2, 0.25) is 10.0 Å². The second-order valence-electron chi connectivity index (χ2n) is 4.54. The molecule has 1 aromatic carbocycles. The zero-order valence-corrected chi connectivity index (χ0v) is 13.1. The van der Waals surface area contributed by atoms with Gasteiger partial charge in [-0.1, -0.05) is 0 Å². The van der Waals surface area contributed by atoms with Gasteiger partial charge in [0, 0.05) is 23.9 Å². The van der Waals surface area contributed by atoms with Crippen molar-refractivity contribution in [1.29, 1.82) is 0 Å². The number of hydrogen-bond acceptors (Lipinski definition) is 5. The van der Waals surface area contributed by atoms with Crippen LogP contribution in [-0.2, 0) is 23.8 Å². The van der Waals surface area contributed by atoms with E-state index in [2.05, 4.69) is 4.72 Å². The Bertz CT molecular complexity index is 729. The second kappa shape index (κ2) is 6.07. The third kappa shape index (κ3) is 4.06. The van der Waals surface area contributed by atoms with Crippen molar-refractivity contribution in [3.8, 4) is 0 Å². The van der Waals surface area contributed by atoms with Gasteiger partial charge in [0.15, 0.2) is 0 Å². The molecule has 1 aliphatic rings. The molecule has 0 bridgehead atoms. The average molecular weight is 358 g/mol. The van der Waals surface area contributed by atoms with E-state index >= 15 is 0 Å². The molecule has 0 unspecified atom stereocenters. The van der Waals surface area contributed by atoms with Crippen LogP contribution in [0.25, 0.3) is 0 Å². The average Bonchev–Trinajstić information content (AvgIpc) is 2.37. The van der Waals surface area contributed by atoms with Crippen molar-refractivity contribution < 1.29 is 26.0 Å². The van der Waals surface area contributed by atoms with E-state index in [-0.39, 0.29) is 5.69 Å². The number of nitrogens with one attached hydrogen (secondary N) is 1. The highest BCUT2D eigenvalue weighted by Gasteiger charge is 2.28. The number of ether oxygens (including phenoxy) is 1. The van der Waals surface area contributed by atoms with Crippen LogP contribution in [0.4, 0.5) is 10.1 Å². The zero-order valence-electron chi connectivity index (χ0n) is 10.8. The van der Waals surface area contributed by atoms with E-state index in [0.717, 1.165) is 18.2 Å². The minimum atomic E-state index is -4.21. The van der Waals surface area contributed by atoms with Gasteiger partial charge in [0.1, 0.15) is 10.7 Å². The molecule has 0 atom stereocenters. The largest absolute Gasteiger partial charge is 0.381 e. The topological polar surface area (TPSA) is 89.5 Å². The maximum absolute atomic E-state index is 13.6. The highest BCUT2D eigenvalue weighted by molar-refractivity contribution is 8.13. The molecule has 1 saturated heterocycles. The first-order valence-corrected chi connectivity index (χ1v) is 9.89. The third-order valence-electron chi connectivity index (χ3n) is 3.06. The van der Waals surface area contributed by atoms with E-state index in [1.54, 1.807) is 0 Å². The fourth-order valence-electron chi connectivity index (χ4n) is 2.00. The Morgan fingerprint density at radius 3 is 2.33 bits per heavy atom. The number of rotatable bonds is 4. The molecule has 21 heavy (non-hydrogen) atoms. The Kier molecular flexibility index (Phi) is 4.76. The Hall–Kier alpha value is -0.900. The van der Waals surface area contributed by atoms with Crippen molar-refractivity contribution in [2.24, 2.45) is 0 Å². The molecular formula is C11H13ClFNO5S2. The Morgan fingerprint density at radius 1 is 1.19 bits per heavy atom. The highest BCUT2D eigenvalue weighted by atomic mass is 35.7. The number of halogens is 2. The van der Waals surface area contributed by atoms with Gasteiger partial charge >= 0.3 is 0 Å². The molecule has 0 saturated carbocycles. The minimum absolute atomic E-state index is 0.0527. The van der Waals surface area contributed by atoms with Gasteiger partial charge in [-0.15, -0.1) is 0 Å². The van der Waals surface area contributed by atoms with Gasteiger partial charge in [-0.25, -0.2) is 21.2 Å². The van der Waals surface area contributed by atoms with E-state index in [1.807, 2.05) is 0 Å². The zero-order chi connectivity index (χ0) is 15.7. The summed E-state index contributed by atoms with van der Waals surface area (Å²) >= 11 is 0. The molecule has 0 aromatic heterocycles. The van der Waals surface area contributed by atoms with Crippen molar-refractivity contribution in [3.05, 3.63) is 24.0 Å². The van der Waals surface area contributed by atoms with Gasteiger partial charge in [0.05, 0.1) is 10.9 Å². The molecule has 0 aliphatic carbocycles.